The van der Waals surface area contributed by atoms with Crippen molar-refractivity contribution in [1.82, 2.24) is 10.9 Å². The number of phenols is 1. The van der Waals surface area contributed by atoms with Crippen LogP contribution in [0.15, 0.2) is 42.5 Å². The van der Waals surface area contributed by atoms with E-state index >= 15 is 0 Å². The molecule has 0 heterocycles. The molecular weight excluding hydrogens is 299 g/mol. The van der Waals surface area contributed by atoms with Crippen molar-refractivity contribution in [1.29, 1.82) is 0 Å². The first-order chi connectivity index (χ1) is 9.97. The number of phenolic OH excluding ortho intramolecular Hbond substituents is 1. The Bertz CT molecular complexity index is 706. The Morgan fingerprint density at radius 3 is 2.43 bits per heavy atom. The van der Waals surface area contributed by atoms with Gasteiger partial charge in [0.2, 0.25) is 0 Å². The number of rotatable bonds is 2. The predicted octanol–water partition coefficient (Wildman–Crippen LogP) is 2.26. The lowest BCUT2D eigenvalue weighted by Gasteiger charge is -2.08. The van der Waals surface area contributed by atoms with Gasteiger partial charge in [-0.3, -0.25) is 20.4 Å². The summed E-state index contributed by atoms with van der Waals surface area (Å²) in [5.41, 5.74) is 4.50. The fourth-order valence-electron chi connectivity index (χ4n) is 1.57. The summed E-state index contributed by atoms with van der Waals surface area (Å²) in [5, 5.41) is 9.19. The van der Waals surface area contributed by atoms with Gasteiger partial charge in [0, 0.05) is 5.56 Å². The van der Waals surface area contributed by atoms with Gasteiger partial charge in [0.05, 0.1) is 10.6 Å². The molecule has 0 fully saturated rings. The van der Waals surface area contributed by atoms with E-state index in [0.717, 1.165) is 12.1 Å². The lowest BCUT2D eigenvalue weighted by molar-refractivity contribution is 0.0846. The minimum Gasteiger partial charge on any atom is -0.508 e. The second-order valence-corrected chi connectivity index (χ2v) is 4.49. The van der Waals surface area contributed by atoms with Gasteiger partial charge in [-0.15, -0.1) is 0 Å². The highest BCUT2D eigenvalue weighted by atomic mass is 35.5. The van der Waals surface area contributed by atoms with Gasteiger partial charge in [-0.2, -0.15) is 0 Å². The molecule has 0 spiro atoms. The van der Waals surface area contributed by atoms with Crippen molar-refractivity contribution in [2.45, 2.75) is 0 Å². The number of nitrogens with one attached hydrogen (secondary N) is 2. The maximum Gasteiger partial charge on any atom is 0.271 e. The Hall–Kier alpha value is -2.60. The SMILES string of the molecule is O=C(NNC(=O)c1ccc(F)cc1Cl)c1cccc(O)c1. The quantitative estimate of drug-likeness (QED) is 0.745. The van der Waals surface area contributed by atoms with Crippen LogP contribution in [0, 0.1) is 5.82 Å². The van der Waals surface area contributed by atoms with Crippen molar-refractivity contribution in [3.05, 3.63) is 64.4 Å². The summed E-state index contributed by atoms with van der Waals surface area (Å²) in [4.78, 5) is 23.5. The summed E-state index contributed by atoms with van der Waals surface area (Å²) in [6.07, 6.45) is 0. The predicted molar refractivity (Wildman–Crippen MR) is 74.4 cm³/mol. The summed E-state index contributed by atoms with van der Waals surface area (Å²) >= 11 is 5.73. The molecule has 21 heavy (non-hydrogen) atoms. The normalized spacial score (nSPS) is 10.0. The first kappa shape index (κ1) is 14.8. The van der Waals surface area contributed by atoms with Crippen molar-refractivity contribution in [3.8, 4) is 5.75 Å². The molecule has 0 bridgehead atoms. The molecule has 0 aliphatic carbocycles. The molecular formula is C14H10ClFN2O3. The number of hydrogen-bond donors (Lipinski definition) is 3. The van der Waals surface area contributed by atoms with Crippen molar-refractivity contribution in [2.24, 2.45) is 0 Å². The molecule has 0 atom stereocenters. The van der Waals surface area contributed by atoms with E-state index in [1.54, 1.807) is 0 Å². The molecule has 2 rings (SSSR count). The van der Waals surface area contributed by atoms with E-state index in [1.807, 2.05) is 0 Å². The molecule has 0 unspecified atom stereocenters. The molecule has 5 nitrogen and oxygen atoms in total. The Morgan fingerprint density at radius 1 is 1.05 bits per heavy atom. The minimum absolute atomic E-state index is 0.0225. The van der Waals surface area contributed by atoms with Gasteiger partial charge < -0.3 is 5.11 Å². The highest BCUT2D eigenvalue weighted by molar-refractivity contribution is 6.33. The number of carbonyl (C=O) groups excluding carboxylic acids is 2. The molecule has 2 aromatic rings. The number of hydrogen-bond acceptors (Lipinski definition) is 3. The molecule has 0 saturated heterocycles. The molecule has 0 aliphatic rings. The standard InChI is InChI=1S/C14H10ClFN2O3/c15-12-7-9(16)4-5-11(12)14(21)18-17-13(20)8-2-1-3-10(19)6-8/h1-7,19H,(H,17,20)(H,18,21). The zero-order valence-electron chi connectivity index (χ0n) is 10.6. The Morgan fingerprint density at radius 2 is 1.76 bits per heavy atom. The summed E-state index contributed by atoms with van der Waals surface area (Å²) < 4.78 is 12.9. The van der Waals surface area contributed by atoms with E-state index in [1.165, 1.54) is 30.3 Å². The van der Waals surface area contributed by atoms with Gasteiger partial charge in [-0.25, -0.2) is 4.39 Å². The number of benzene rings is 2. The van der Waals surface area contributed by atoms with Crippen LogP contribution in [-0.2, 0) is 0 Å². The van der Waals surface area contributed by atoms with Crippen LogP contribution in [0.2, 0.25) is 5.02 Å². The topological polar surface area (TPSA) is 78.4 Å². The zero-order chi connectivity index (χ0) is 15.4. The molecule has 3 N–H and O–H groups in total. The third-order valence-corrected chi connectivity index (χ3v) is 2.89. The molecule has 0 aliphatic heterocycles. The lowest BCUT2D eigenvalue weighted by Crippen LogP contribution is -2.41. The maximum absolute atomic E-state index is 12.9. The number of carbonyl (C=O) groups is 2. The number of halogens is 2. The van der Waals surface area contributed by atoms with Gasteiger partial charge in [-0.05, 0) is 36.4 Å². The van der Waals surface area contributed by atoms with Crippen molar-refractivity contribution in [2.75, 3.05) is 0 Å². The average Bonchev–Trinajstić information content (AvgIpc) is 2.44. The fraction of sp³-hybridized carbons (Fsp3) is 0. The zero-order valence-corrected chi connectivity index (χ0v) is 11.3. The third kappa shape index (κ3) is 3.70. The second-order valence-electron chi connectivity index (χ2n) is 4.08. The van der Waals surface area contributed by atoms with Crippen LogP contribution in [0.25, 0.3) is 0 Å². The Labute approximate surface area is 124 Å². The van der Waals surface area contributed by atoms with Gasteiger partial charge in [-0.1, -0.05) is 17.7 Å². The van der Waals surface area contributed by atoms with E-state index < -0.39 is 17.6 Å². The van der Waals surface area contributed by atoms with Crippen LogP contribution in [-0.4, -0.2) is 16.9 Å². The van der Waals surface area contributed by atoms with Crippen LogP contribution in [0.1, 0.15) is 20.7 Å². The molecule has 0 radical (unpaired) electrons. The van der Waals surface area contributed by atoms with Crippen molar-refractivity contribution >= 4 is 23.4 Å². The van der Waals surface area contributed by atoms with Crippen LogP contribution < -0.4 is 10.9 Å². The summed E-state index contributed by atoms with van der Waals surface area (Å²) in [6, 6.07) is 8.88. The van der Waals surface area contributed by atoms with Gasteiger partial charge in [0.15, 0.2) is 0 Å². The van der Waals surface area contributed by atoms with E-state index in [-0.39, 0.29) is 21.9 Å². The average molecular weight is 309 g/mol. The van der Waals surface area contributed by atoms with Gasteiger partial charge in [0.1, 0.15) is 11.6 Å². The first-order valence-electron chi connectivity index (χ1n) is 5.82. The third-order valence-electron chi connectivity index (χ3n) is 2.57. The van der Waals surface area contributed by atoms with Crippen LogP contribution in [0.3, 0.4) is 0 Å². The highest BCUT2D eigenvalue weighted by Gasteiger charge is 2.13. The molecule has 108 valence electrons. The van der Waals surface area contributed by atoms with E-state index in [9.17, 15) is 19.1 Å². The molecule has 7 heteroatoms. The van der Waals surface area contributed by atoms with Gasteiger partial charge in [0.25, 0.3) is 11.8 Å². The Balaban J connectivity index is 2.02. The van der Waals surface area contributed by atoms with E-state index in [2.05, 4.69) is 10.9 Å². The largest absolute Gasteiger partial charge is 0.508 e. The molecule has 2 amide bonds. The minimum atomic E-state index is -0.687. The first-order valence-corrected chi connectivity index (χ1v) is 6.20. The highest BCUT2D eigenvalue weighted by Crippen LogP contribution is 2.16. The van der Waals surface area contributed by atoms with Crippen molar-refractivity contribution in [3.63, 3.8) is 0 Å². The second kappa shape index (κ2) is 6.23. The van der Waals surface area contributed by atoms with E-state index in [0.29, 0.717) is 0 Å². The monoisotopic (exact) mass is 308 g/mol. The summed E-state index contributed by atoms with van der Waals surface area (Å²) in [7, 11) is 0. The van der Waals surface area contributed by atoms with E-state index in [4.69, 9.17) is 11.6 Å². The number of amides is 2. The number of hydrazine groups is 1. The smallest absolute Gasteiger partial charge is 0.271 e. The Kier molecular flexibility index (Phi) is 4.39. The molecule has 0 saturated carbocycles. The number of aromatic hydroxyl groups is 1. The summed E-state index contributed by atoms with van der Waals surface area (Å²) in [6.45, 7) is 0. The maximum atomic E-state index is 12.9. The molecule has 0 aromatic heterocycles. The van der Waals surface area contributed by atoms with Crippen molar-refractivity contribution < 1.29 is 19.1 Å². The van der Waals surface area contributed by atoms with Crippen LogP contribution >= 0.6 is 11.6 Å². The summed E-state index contributed by atoms with van der Waals surface area (Å²) in [5.74, 6) is -1.94. The molecule has 2 aromatic carbocycles. The van der Waals surface area contributed by atoms with Gasteiger partial charge >= 0.3 is 0 Å². The van der Waals surface area contributed by atoms with Crippen LogP contribution in [0.5, 0.6) is 5.75 Å². The fourth-order valence-corrected chi connectivity index (χ4v) is 1.83. The lowest BCUT2D eigenvalue weighted by atomic mass is 10.2. The van der Waals surface area contributed by atoms with Crippen LogP contribution in [0.4, 0.5) is 4.39 Å².